The minimum atomic E-state index is -1.90. The molecule has 2 fully saturated rings. The molecular formula is C20H25FN4O4. The summed E-state index contributed by atoms with van der Waals surface area (Å²) in [4.78, 5) is 16.5. The number of halogens is 1. The highest BCUT2D eigenvalue weighted by Gasteiger charge is 2.59. The molecule has 4 unspecified atom stereocenters. The number of hydrogen-bond donors (Lipinski definition) is 1. The molecule has 1 N–H and O–H groups in total. The van der Waals surface area contributed by atoms with Gasteiger partial charge in [0.2, 0.25) is 5.67 Å². The quantitative estimate of drug-likeness (QED) is 0.762. The average Bonchev–Trinajstić information content (AvgIpc) is 3.37. The van der Waals surface area contributed by atoms with Crippen LogP contribution in [0.15, 0.2) is 12.1 Å². The van der Waals surface area contributed by atoms with Gasteiger partial charge in [0.1, 0.15) is 11.4 Å². The number of ether oxygens (including phenoxy) is 2. The number of carbonyl (C=O) groups is 1. The Morgan fingerprint density at radius 2 is 2.21 bits per heavy atom. The van der Waals surface area contributed by atoms with Crippen LogP contribution in [0, 0.1) is 18.8 Å². The van der Waals surface area contributed by atoms with Gasteiger partial charge in [0.15, 0.2) is 0 Å². The molecule has 2 saturated carbocycles. The van der Waals surface area contributed by atoms with Crippen molar-refractivity contribution < 1.29 is 23.8 Å². The molecule has 8 nitrogen and oxygen atoms in total. The number of alkyl halides is 1. The maximum atomic E-state index is 15.2. The number of carbonyl (C=O) groups excluding carboxylic acids is 1. The molecule has 2 aromatic heterocycles. The molecular weight excluding hydrogens is 379 g/mol. The first-order valence-electron chi connectivity index (χ1n) is 9.78. The van der Waals surface area contributed by atoms with E-state index in [1.807, 2.05) is 13.0 Å². The van der Waals surface area contributed by atoms with Crippen molar-refractivity contribution in [3.05, 3.63) is 23.5 Å². The third kappa shape index (κ3) is 3.27. The van der Waals surface area contributed by atoms with Crippen molar-refractivity contribution in [2.24, 2.45) is 18.9 Å². The Labute approximate surface area is 168 Å². The Morgan fingerprint density at radius 3 is 2.90 bits per heavy atom. The number of methoxy groups -OCH3 is 1. The first-order valence-corrected chi connectivity index (χ1v) is 9.78. The largest absolute Gasteiger partial charge is 0.489 e. The van der Waals surface area contributed by atoms with Crippen LogP contribution in [0.25, 0.3) is 11.4 Å². The summed E-state index contributed by atoms with van der Waals surface area (Å²) in [6.45, 7) is 1.64. The number of hydrogen-bond acceptors (Lipinski definition) is 7. The standard InChI is InChI=1S/C20H25FN4O4/c1-11-17(5-4-15(22-11)18-16(10-26)25(2)24-23-18)29-13-8-12-6-7-20(21,14(12)9-13)19(27)28-3/h4-5,12-14,26H,6-10H2,1-3H3. The highest BCUT2D eigenvalue weighted by Crippen LogP contribution is 2.53. The van der Waals surface area contributed by atoms with Gasteiger partial charge in [-0.3, -0.25) is 0 Å². The van der Waals surface area contributed by atoms with E-state index in [-0.39, 0.29) is 31.0 Å². The molecule has 4 atom stereocenters. The molecule has 2 aromatic rings. The Hall–Kier alpha value is -2.55. The summed E-state index contributed by atoms with van der Waals surface area (Å²) >= 11 is 0. The first kappa shape index (κ1) is 19.8. The Balaban J connectivity index is 1.49. The van der Waals surface area contributed by atoms with Crippen molar-refractivity contribution in [3.8, 4) is 17.1 Å². The molecule has 0 radical (unpaired) electrons. The third-order valence-corrected chi connectivity index (χ3v) is 6.31. The molecule has 0 saturated heterocycles. The molecule has 2 aliphatic carbocycles. The molecule has 0 aliphatic heterocycles. The van der Waals surface area contributed by atoms with Gasteiger partial charge in [-0.15, -0.1) is 5.10 Å². The number of aliphatic hydroxyl groups is 1. The van der Waals surface area contributed by atoms with Crippen LogP contribution in [0.4, 0.5) is 4.39 Å². The molecule has 9 heteroatoms. The number of rotatable bonds is 5. The molecule has 0 amide bonds. The number of aromatic nitrogens is 4. The van der Waals surface area contributed by atoms with E-state index in [4.69, 9.17) is 9.47 Å². The maximum Gasteiger partial charge on any atom is 0.343 e. The molecule has 29 heavy (non-hydrogen) atoms. The van der Waals surface area contributed by atoms with Gasteiger partial charge < -0.3 is 14.6 Å². The minimum Gasteiger partial charge on any atom is -0.489 e. The predicted molar refractivity (Wildman–Crippen MR) is 101 cm³/mol. The third-order valence-electron chi connectivity index (χ3n) is 6.31. The molecule has 0 aromatic carbocycles. The molecule has 2 aliphatic rings. The lowest BCUT2D eigenvalue weighted by molar-refractivity contribution is -0.157. The Kier molecular flexibility index (Phi) is 5.02. The summed E-state index contributed by atoms with van der Waals surface area (Å²) < 4.78 is 27.5. The van der Waals surface area contributed by atoms with Crippen LogP contribution in [0.2, 0.25) is 0 Å². The van der Waals surface area contributed by atoms with Crippen LogP contribution < -0.4 is 4.74 Å². The van der Waals surface area contributed by atoms with Gasteiger partial charge in [-0.05, 0) is 50.7 Å². The number of aliphatic hydroxyl groups excluding tert-OH is 1. The number of esters is 1. The minimum absolute atomic E-state index is 0.128. The number of pyridine rings is 1. The summed E-state index contributed by atoms with van der Waals surface area (Å²) in [5, 5.41) is 17.5. The van der Waals surface area contributed by atoms with Crippen LogP contribution in [0.1, 0.15) is 37.1 Å². The van der Waals surface area contributed by atoms with Gasteiger partial charge in [0.05, 0.1) is 36.9 Å². The van der Waals surface area contributed by atoms with E-state index in [1.54, 1.807) is 13.1 Å². The van der Waals surface area contributed by atoms with E-state index in [2.05, 4.69) is 15.3 Å². The van der Waals surface area contributed by atoms with Crippen LogP contribution in [0.5, 0.6) is 5.75 Å². The van der Waals surface area contributed by atoms with Gasteiger partial charge in [0.25, 0.3) is 0 Å². The summed E-state index contributed by atoms with van der Waals surface area (Å²) in [6, 6.07) is 3.58. The lowest BCUT2D eigenvalue weighted by Crippen LogP contribution is -2.39. The number of nitrogens with zero attached hydrogens (tertiary/aromatic N) is 4. The molecule has 156 valence electrons. The number of aryl methyl sites for hydroxylation is 2. The fourth-order valence-corrected chi connectivity index (χ4v) is 4.79. The van der Waals surface area contributed by atoms with E-state index >= 15 is 4.39 Å². The van der Waals surface area contributed by atoms with Crippen molar-refractivity contribution in [1.29, 1.82) is 0 Å². The lowest BCUT2D eigenvalue weighted by atomic mass is 9.89. The first-order chi connectivity index (χ1) is 13.9. The van der Waals surface area contributed by atoms with Crippen molar-refractivity contribution >= 4 is 5.97 Å². The normalized spacial score (nSPS) is 28.4. The predicted octanol–water partition coefficient (Wildman–Crippen LogP) is 2.13. The van der Waals surface area contributed by atoms with Gasteiger partial charge in [-0.2, -0.15) is 0 Å². The van der Waals surface area contributed by atoms with Crippen molar-refractivity contribution in [3.63, 3.8) is 0 Å². The van der Waals surface area contributed by atoms with Gasteiger partial charge in [-0.1, -0.05) is 5.21 Å². The van der Waals surface area contributed by atoms with Crippen molar-refractivity contribution in [1.82, 2.24) is 20.0 Å². The van der Waals surface area contributed by atoms with E-state index in [0.29, 0.717) is 47.8 Å². The SMILES string of the molecule is COC(=O)C1(F)CCC2CC(Oc3ccc(-c4nnn(C)c4CO)nc3C)CC21. The summed E-state index contributed by atoms with van der Waals surface area (Å²) in [5.41, 5.74) is 0.482. The topological polar surface area (TPSA) is 99.4 Å². The van der Waals surface area contributed by atoms with Crippen LogP contribution >= 0.6 is 0 Å². The van der Waals surface area contributed by atoms with Gasteiger partial charge >= 0.3 is 5.97 Å². The maximum absolute atomic E-state index is 15.2. The summed E-state index contributed by atoms with van der Waals surface area (Å²) in [6.07, 6.45) is 1.93. The highest BCUT2D eigenvalue weighted by atomic mass is 19.1. The average molecular weight is 404 g/mol. The second kappa shape index (κ2) is 7.37. The van der Waals surface area contributed by atoms with E-state index in [1.165, 1.54) is 11.8 Å². The van der Waals surface area contributed by atoms with Crippen LogP contribution in [0.3, 0.4) is 0 Å². The zero-order valence-corrected chi connectivity index (χ0v) is 16.8. The molecule has 4 rings (SSSR count). The fraction of sp³-hybridized carbons (Fsp3) is 0.600. The smallest absolute Gasteiger partial charge is 0.343 e. The molecule has 0 spiro atoms. The summed E-state index contributed by atoms with van der Waals surface area (Å²) in [5.74, 6) is -0.380. The van der Waals surface area contributed by atoms with E-state index < -0.39 is 11.6 Å². The monoisotopic (exact) mass is 404 g/mol. The zero-order chi connectivity index (χ0) is 20.8. The van der Waals surface area contributed by atoms with Gasteiger partial charge in [0, 0.05) is 13.0 Å². The number of fused-ring (bicyclic) bond motifs is 1. The van der Waals surface area contributed by atoms with Crippen molar-refractivity contribution in [2.45, 2.75) is 51.0 Å². The molecule has 0 bridgehead atoms. The van der Waals surface area contributed by atoms with E-state index in [9.17, 15) is 9.90 Å². The zero-order valence-electron chi connectivity index (χ0n) is 16.8. The van der Waals surface area contributed by atoms with Crippen LogP contribution in [-0.2, 0) is 23.2 Å². The second-order valence-electron chi connectivity index (χ2n) is 7.92. The summed E-state index contributed by atoms with van der Waals surface area (Å²) in [7, 11) is 2.94. The fourth-order valence-electron chi connectivity index (χ4n) is 4.79. The molecule has 2 heterocycles. The Morgan fingerprint density at radius 1 is 1.41 bits per heavy atom. The van der Waals surface area contributed by atoms with Crippen LogP contribution in [-0.4, -0.2) is 49.9 Å². The Bertz CT molecular complexity index is 933. The van der Waals surface area contributed by atoms with E-state index in [0.717, 1.165) is 0 Å². The van der Waals surface area contributed by atoms with Crippen molar-refractivity contribution in [2.75, 3.05) is 7.11 Å². The second-order valence-corrected chi connectivity index (χ2v) is 7.92. The lowest BCUT2D eigenvalue weighted by Gasteiger charge is -2.24. The highest BCUT2D eigenvalue weighted by molar-refractivity contribution is 5.80. The van der Waals surface area contributed by atoms with Gasteiger partial charge in [-0.25, -0.2) is 18.9 Å².